The Morgan fingerprint density at radius 2 is 0.831 bits per heavy atom. The lowest BCUT2D eigenvalue weighted by Gasteiger charge is -2.27. The number of benzene rings is 10. The Kier molecular flexibility index (Phi) is 8.73. The second-order valence-corrected chi connectivity index (χ2v) is 17.0. The highest BCUT2D eigenvalue weighted by Crippen LogP contribution is 2.57. The lowest BCUT2D eigenvalue weighted by molar-refractivity contribution is 1.30. The second kappa shape index (κ2) is 15.0. The average Bonchev–Trinajstić information content (AvgIpc) is 3.87. The highest BCUT2D eigenvalue weighted by Gasteiger charge is 2.29. The van der Waals surface area contributed by atoms with Gasteiger partial charge in [-0.15, -0.1) is 0 Å². The summed E-state index contributed by atoms with van der Waals surface area (Å²) in [6.07, 6.45) is 1.72. The number of fused-ring (bicyclic) bond motifs is 6. The fraction of sp³-hybridized carbons (Fsp3) is 0.0323. The molecule has 3 nitrogen and oxygen atoms in total. The SMILES string of the molecule is Cc1ccccc1-c1c2c3cccc4c(C=C(C#N)C#N)ccc(c2c(-c2ccccc2C)c2c5ccc(N(c6ccccc6)c6ccc(-c7ccccc7)cc6)c6cccc(c12)c65)c43. The van der Waals surface area contributed by atoms with Crippen molar-refractivity contribution in [2.24, 2.45) is 0 Å². The summed E-state index contributed by atoms with van der Waals surface area (Å²) in [4.78, 5) is 2.40. The molecule has 0 saturated heterocycles. The largest absolute Gasteiger partial charge is 0.310 e. The molecule has 3 heteroatoms. The Bertz CT molecular complexity index is 3840. The van der Waals surface area contributed by atoms with Crippen molar-refractivity contribution in [3.8, 4) is 45.5 Å². The van der Waals surface area contributed by atoms with E-state index in [-0.39, 0.29) is 5.57 Å². The summed E-state index contributed by atoms with van der Waals surface area (Å²) in [5, 5.41) is 33.9. The van der Waals surface area contributed by atoms with Gasteiger partial charge in [0.2, 0.25) is 0 Å². The standard InChI is InChI=1S/C62H39N3/c1-38-15-9-11-21-46(38)57-59-50-25-13-23-48-43(35-40(36-63)37-64)29-32-52(55(48)50)61(59)58(47-22-12-10-16-39(47)2)62-53-33-34-54(49-24-14-26-51(56(49)53)60(57)62)65(44-19-7-4-8-20-44)45-30-27-42(28-31-45)41-17-5-3-6-18-41/h3-35H,1-2H3. The molecule has 0 saturated carbocycles. The van der Waals surface area contributed by atoms with Crippen LogP contribution in [0.5, 0.6) is 0 Å². The number of allylic oxidation sites excluding steroid dienone is 1. The first-order valence-electron chi connectivity index (χ1n) is 22.1. The van der Waals surface area contributed by atoms with E-state index in [1.54, 1.807) is 6.08 Å². The summed E-state index contributed by atoms with van der Waals surface area (Å²) in [6, 6.07) is 74.3. The van der Waals surface area contributed by atoms with Crippen molar-refractivity contribution >= 4 is 87.8 Å². The summed E-state index contributed by atoms with van der Waals surface area (Å²) in [6.45, 7) is 4.45. The molecular formula is C62H39N3. The van der Waals surface area contributed by atoms with Crippen LogP contribution in [0.4, 0.5) is 17.1 Å². The molecule has 0 spiro atoms. The third-order valence-corrected chi connectivity index (χ3v) is 13.5. The summed E-state index contributed by atoms with van der Waals surface area (Å²) in [7, 11) is 0. The van der Waals surface area contributed by atoms with E-state index in [9.17, 15) is 10.5 Å². The second-order valence-electron chi connectivity index (χ2n) is 17.0. The monoisotopic (exact) mass is 825 g/mol. The van der Waals surface area contributed by atoms with E-state index in [0.717, 1.165) is 44.2 Å². The predicted molar refractivity (Wildman–Crippen MR) is 274 cm³/mol. The molecule has 0 radical (unpaired) electrons. The molecule has 0 amide bonds. The highest BCUT2D eigenvalue weighted by atomic mass is 15.1. The number of nitriles is 2. The van der Waals surface area contributed by atoms with Gasteiger partial charge in [0.15, 0.2) is 0 Å². The van der Waals surface area contributed by atoms with E-state index in [2.05, 4.69) is 225 Å². The van der Waals surface area contributed by atoms with Crippen molar-refractivity contribution in [3.63, 3.8) is 0 Å². The van der Waals surface area contributed by atoms with E-state index in [1.165, 1.54) is 87.6 Å². The third-order valence-electron chi connectivity index (χ3n) is 13.5. The molecule has 0 unspecified atom stereocenters. The zero-order valence-corrected chi connectivity index (χ0v) is 35.9. The molecular weight excluding hydrogens is 787 g/mol. The fourth-order valence-corrected chi connectivity index (χ4v) is 10.7. The molecule has 65 heavy (non-hydrogen) atoms. The predicted octanol–water partition coefficient (Wildman–Crippen LogP) is 17.0. The van der Waals surface area contributed by atoms with E-state index < -0.39 is 0 Å². The van der Waals surface area contributed by atoms with Crippen LogP contribution in [-0.4, -0.2) is 0 Å². The first-order chi connectivity index (χ1) is 32.0. The summed E-state index contributed by atoms with van der Waals surface area (Å²) >= 11 is 0. The van der Waals surface area contributed by atoms with Gasteiger partial charge >= 0.3 is 0 Å². The highest BCUT2D eigenvalue weighted by molar-refractivity contribution is 6.47. The Labute approximate surface area is 377 Å². The molecule has 0 aliphatic rings. The van der Waals surface area contributed by atoms with Gasteiger partial charge in [0.25, 0.3) is 0 Å². The fourth-order valence-electron chi connectivity index (χ4n) is 10.7. The quantitative estimate of drug-likeness (QED) is 0.150. The van der Waals surface area contributed by atoms with Gasteiger partial charge < -0.3 is 4.90 Å². The van der Waals surface area contributed by atoms with Crippen LogP contribution in [-0.2, 0) is 0 Å². The Balaban J connectivity index is 1.25. The van der Waals surface area contributed by atoms with E-state index in [1.807, 2.05) is 0 Å². The lowest BCUT2D eigenvalue weighted by Crippen LogP contribution is -2.10. The average molecular weight is 826 g/mol. The minimum atomic E-state index is 0.0838. The Hall–Kier alpha value is -8.76. The molecule has 0 aliphatic carbocycles. The van der Waals surface area contributed by atoms with E-state index in [0.29, 0.717) is 0 Å². The molecule has 0 heterocycles. The van der Waals surface area contributed by atoms with Gasteiger partial charge in [-0.3, -0.25) is 0 Å². The van der Waals surface area contributed by atoms with Gasteiger partial charge in [-0.2, -0.15) is 10.5 Å². The molecule has 0 fully saturated rings. The Morgan fingerprint density at radius 3 is 1.40 bits per heavy atom. The summed E-state index contributed by atoms with van der Waals surface area (Å²) < 4.78 is 0. The first-order valence-corrected chi connectivity index (χ1v) is 22.1. The van der Waals surface area contributed by atoms with Crippen LogP contribution in [0.3, 0.4) is 0 Å². The van der Waals surface area contributed by atoms with Gasteiger partial charge in [-0.1, -0.05) is 164 Å². The van der Waals surface area contributed by atoms with Gasteiger partial charge in [-0.25, -0.2) is 0 Å². The number of nitrogens with zero attached hydrogens (tertiary/aromatic N) is 3. The molecule has 0 aliphatic heterocycles. The van der Waals surface area contributed by atoms with Gasteiger partial charge in [0, 0.05) is 16.8 Å². The number of aryl methyl sites for hydroxylation is 2. The molecule has 0 aromatic heterocycles. The third kappa shape index (κ3) is 5.73. The normalized spacial score (nSPS) is 11.5. The van der Waals surface area contributed by atoms with Crippen LogP contribution in [0.2, 0.25) is 0 Å². The summed E-state index contributed by atoms with van der Waals surface area (Å²) in [5.74, 6) is 0. The minimum absolute atomic E-state index is 0.0838. The first kappa shape index (κ1) is 38.0. The lowest BCUT2D eigenvalue weighted by atomic mass is 9.85. The zero-order chi connectivity index (χ0) is 43.8. The molecule has 12 aromatic rings. The maximum absolute atomic E-state index is 9.81. The van der Waals surface area contributed by atoms with Crippen molar-refractivity contribution in [2.75, 3.05) is 4.90 Å². The van der Waals surface area contributed by atoms with Crippen molar-refractivity contribution in [3.05, 3.63) is 216 Å². The van der Waals surface area contributed by atoms with Gasteiger partial charge in [0.1, 0.15) is 17.7 Å². The summed E-state index contributed by atoms with van der Waals surface area (Å²) in [5.41, 5.74) is 13.9. The molecule has 0 atom stereocenters. The van der Waals surface area contributed by atoms with Crippen LogP contribution in [0, 0.1) is 36.5 Å². The minimum Gasteiger partial charge on any atom is -0.310 e. The van der Waals surface area contributed by atoms with Crippen molar-refractivity contribution in [2.45, 2.75) is 13.8 Å². The van der Waals surface area contributed by atoms with Crippen molar-refractivity contribution < 1.29 is 0 Å². The van der Waals surface area contributed by atoms with Crippen LogP contribution in [0.1, 0.15) is 16.7 Å². The molecule has 0 bridgehead atoms. The maximum Gasteiger partial charge on any atom is 0.130 e. The number of para-hydroxylation sites is 1. The molecule has 12 rings (SSSR count). The van der Waals surface area contributed by atoms with E-state index in [4.69, 9.17) is 0 Å². The molecule has 302 valence electrons. The smallest absolute Gasteiger partial charge is 0.130 e. The van der Waals surface area contributed by atoms with Crippen LogP contribution >= 0.6 is 0 Å². The van der Waals surface area contributed by atoms with E-state index >= 15 is 0 Å². The van der Waals surface area contributed by atoms with Crippen LogP contribution in [0.15, 0.2) is 200 Å². The van der Waals surface area contributed by atoms with Gasteiger partial charge in [-0.05, 0) is 160 Å². The molecule has 0 N–H and O–H groups in total. The van der Waals surface area contributed by atoms with Gasteiger partial charge in [0.05, 0.1) is 5.69 Å². The topological polar surface area (TPSA) is 50.8 Å². The molecule has 12 aromatic carbocycles. The maximum atomic E-state index is 9.81. The van der Waals surface area contributed by atoms with Crippen molar-refractivity contribution in [1.82, 2.24) is 0 Å². The number of hydrogen-bond donors (Lipinski definition) is 0. The van der Waals surface area contributed by atoms with Crippen molar-refractivity contribution in [1.29, 1.82) is 10.5 Å². The number of anilines is 3. The van der Waals surface area contributed by atoms with Crippen LogP contribution < -0.4 is 4.90 Å². The zero-order valence-electron chi connectivity index (χ0n) is 35.9. The number of rotatable bonds is 7. The van der Waals surface area contributed by atoms with Crippen LogP contribution in [0.25, 0.3) is 104 Å². The number of hydrogen-bond acceptors (Lipinski definition) is 3. The Morgan fingerprint density at radius 1 is 0.385 bits per heavy atom.